The lowest BCUT2D eigenvalue weighted by atomic mass is 10.1. The molecule has 1 aromatic carbocycles. The molecule has 18 heavy (non-hydrogen) atoms. The number of aliphatic hydroxyl groups excluding tert-OH is 1. The lowest BCUT2D eigenvalue weighted by Gasteiger charge is -2.19. The van der Waals surface area contributed by atoms with Crippen molar-refractivity contribution in [3.8, 4) is 5.75 Å². The van der Waals surface area contributed by atoms with Gasteiger partial charge in [0.25, 0.3) is 0 Å². The third-order valence-electron chi connectivity index (χ3n) is 3.04. The van der Waals surface area contributed by atoms with E-state index in [-0.39, 0.29) is 0 Å². The quantitative estimate of drug-likeness (QED) is 0.729. The van der Waals surface area contributed by atoms with Gasteiger partial charge >= 0.3 is 0 Å². The van der Waals surface area contributed by atoms with Crippen molar-refractivity contribution >= 4 is 5.69 Å². The van der Waals surface area contributed by atoms with Crippen molar-refractivity contribution in [3.63, 3.8) is 0 Å². The fraction of sp³-hybridized carbons (Fsp3) is 0.571. The number of aliphatic hydroxyl groups is 1. The Kier molecular flexibility index (Phi) is 5.95. The van der Waals surface area contributed by atoms with Crippen molar-refractivity contribution in [1.29, 1.82) is 0 Å². The lowest BCUT2D eigenvalue weighted by Crippen LogP contribution is -2.28. The summed E-state index contributed by atoms with van der Waals surface area (Å²) in [7, 11) is 0. The molecule has 102 valence electrons. The van der Waals surface area contributed by atoms with Gasteiger partial charge < -0.3 is 20.5 Å². The summed E-state index contributed by atoms with van der Waals surface area (Å²) in [6.07, 6.45) is -0.572. The van der Waals surface area contributed by atoms with Crippen molar-refractivity contribution in [2.45, 2.75) is 26.9 Å². The van der Waals surface area contributed by atoms with Crippen LogP contribution in [0.1, 0.15) is 32.4 Å². The van der Waals surface area contributed by atoms with E-state index >= 15 is 0 Å². The first-order valence-corrected chi connectivity index (χ1v) is 6.51. The lowest BCUT2D eigenvalue weighted by molar-refractivity contribution is 0.184. The second kappa shape index (κ2) is 7.24. The maximum atomic E-state index is 9.68. The molecule has 3 N–H and O–H groups in total. The Morgan fingerprint density at radius 3 is 2.56 bits per heavy atom. The molecule has 1 unspecified atom stereocenters. The maximum Gasteiger partial charge on any atom is 0.125 e. The van der Waals surface area contributed by atoms with Crippen LogP contribution in [0.2, 0.25) is 0 Å². The molecule has 0 bridgehead atoms. The molecule has 0 aliphatic carbocycles. The average Bonchev–Trinajstić information content (AvgIpc) is 2.36. The fourth-order valence-electron chi connectivity index (χ4n) is 1.85. The van der Waals surface area contributed by atoms with Crippen molar-refractivity contribution in [3.05, 3.63) is 23.8 Å². The maximum absolute atomic E-state index is 9.68. The summed E-state index contributed by atoms with van der Waals surface area (Å²) in [5.74, 6) is 0.714. The molecule has 1 aromatic rings. The summed E-state index contributed by atoms with van der Waals surface area (Å²) < 4.78 is 5.73. The number of ether oxygens (including phenoxy) is 1. The Hall–Kier alpha value is -1.26. The second-order valence-corrected chi connectivity index (χ2v) is 4.35. The van der Waals surface area contributed by atoms with Crippen molar-refractivity contribution < 1.29 is 9.84 Å². The van der Waals surface area contributed by atoms with Crippen molar-refractivity contribution in [2.24, 2.45) is 0 Å². The van der Waals surface area contributed by atoms with E-state index in [1.807, 2.05) is 6.07 Å². The first-order chi connectivity index (χ1) is 8.58. The molecule has 4 nitrogen and oxygen atoms in total. The molecule has 0 saturated carbocycles. The van der Waals surface area contributed by atoms with Crippen LogP contribution in [0.4, 0.5) is 5.69 Å². The highest BCUT2D eigenvalue weighted by molar-refractivity contribution is 5.48. The predicted octanol–water partition coefficient (Wildman–Crippen LogP) is 2.04. The summed E-state index contributed by atoms with van der Waals surface area (Å²) in [5.41, 5.74) is 7.10. The second-order valence-electron chi connectivity index (χ2n) is 4.35. The molecule has 0 aromatic heterocycles. The van der Waals surface area contributed by atoms with Gasteiger partial charge in [0.1, 0.15) is 12.4 Å². The molecule has 0 radical (unpaired) electrons. The van der Waals surface area contributed by atoms with Crippen molar-refractivity contribution in [1.82, 2.24) is 4.90 Å². The number of rotatable bonds is 7. The average molecular weight is 252 g/mol. The molecule has 1 atom stereocenters. The molecule has 4 heteroatoms. The monoisotopic (exact) mass is 252 g/mol. The number of nitrogens with two attached hydrogens (primary N) is 1. The minimum absolute atomic E-state index is 0.572. The van der Waals surface area contributed by atoms with Gasteiger partial charge in [-0.25, -0.2) is 0 Å². The Balaban J connectivity index is 2.61. The summed E-state index contributed by atoms with van der Waals surface area (Å²) in [5, 5.41) is 9.68. The topological polar surface area (TPSA) is 58.7 Å². The van der Waals surface area contributed by atoms with E-state index in [4.69, 9.17) is 10.5 Å². The number of nitrogens with zero attached hydrogens (tertiary/aromatic N) is 1. The van der Waals surface area contributed by atoms with Crippen LogP contribution in [0.3, 0.4) is 0 Å². The van der Waals surface area contributed by atoms with Crippen LogP contribution in [0.5, 0.6) is 5.75 Å². The van der Waals surface area contributed by atoms with Gasteiger partial charge in [-0.1, -0.05) is 13.8 Å². The fourth-order valence-corrected chi connectivity index (χ4v) is 1.85. The zero-order valence-electron chi connectivity index (χ0n) is 11.5. The summed E-state index contributed by atoms with van der Waals surface area (Å²) in [4.78, 5) is 2.29. The van der Waals surface area contributed by atoms with E-state index in [1.54, 1.807) is 19.1 Å². The van der Waals surface area contributed by atoms with Crippen LogP contribution in [-0.2, 0) is 0 Å². The van der Waals surface area contributed by atoms with E-state index in [2.05, 4.69) is 18.7 Å². The molecular weight excluding hydrogens is 228 g/mol. The van der Waals surface area contributed by atoms with Crippen LogP contribution < -0.4 is 10.5 Å². The van der Waals surface area contributed by atoms with Gasteiger partial charge in [0.05, 0.1) is 6.10 Å². The Morgan fingerprint density at radius 1 is 1.33 bits per heavy atom. The zero-order chi connectivity index (χ0) is 13.5. The standard InChI is InChI=1S/C14H24N2O2/c1-4-16(5-2)8-9-18-14-7-6-12(15)10-13(14)11(3)17/h6-7,10-11,17H,4-5,8-9,15H2,1-3H3. The molecule has 0 aliphatic heterocycles. The minimum atomic E-state index is -0.572. The van der Waals surface area contributed by atoms with Gasteiger partial charge in [0.2, 0.25) is 0 Å². The number of benzene rings is 1. The Morgan fingerprint density at radius 2 is 2.00 bits per heavy atom. The molecular formula is C14H24N2O2. The number of hydrogen-bond acceptors (Lipinski definition) is 4. The third-order valence-corrected chi connectivity index (χ3v) is 3.04. The van der Waals surface area contributed by atoms with E-state index < -0.39 is 6.10 Å². The van der Waals surface area contributed by atoms with Crippen molar-refractivity contribution in [2.75, 3.05) is 32.0 Å². The van der Waals surface area contributed by atoms with Crippen LogP contribution >= 0.6 is 0 Å². The first-order valence-electron chi connectivity index (χ1n) is 6.51. The highest BCUT2D eigenvalue weighted by Gasteiger charge is 2.10. The van der Waals surface area contributed by atoms with Gasteiger partial charge in [0, 0.05) is 17.8 Å². The first kappa shape index (κ1) is 14.8. The van der Waals surface area contributed by atoms with Crippen LogP contribution in [0.25, 0.3) is 0 Å². The highest BCUT2D eigenvalue weighted by Crippen LogP contribution is 2.27. The normalized spacial score (nSPS) is 12.7. The Bertz CT molecular complexity index is 363. The van der Waals surface area contributed by atoms with Gasteiger partial charge in [-0.05, 0) is 38.2 Å². The SMILES string of the molecule is CCN(CC)CCOc1ccc(N)cc1C(C)O. The molecule has 1 rings (SSSR count). The van der Waals surface area contributed by atoms with Crippen LogP contribution in [0.15, 0.2) is 18.2 Å². The van der Waals surface area contributed by atoms with Crippen LogP contribution in [0, 0.1) is 0 Å². The summed E-state index contributed by atoms with van der Waals surface area (Å²) in [6, 6.07) is 5.37. The van der Waals surface area contributed by atoms with E-state index in [0.29, 0.717) is 18.0 Å². The number of nitrogen functional groups attached to an aromatic ring is 1. The number of likely N-dealkylation sites (N-methyl/N-ethyl adjacent to an activating group) is 1. The highest BCUT2D eigenvalue weighted by atomic mass is 16.5. The minimum Gasteiger partial charge on any atom is -0.492 e. The third kappa shape index (κ3) is 4.20. The summed E-state index contributed by atoms with van der Waals surface area (Å²) >= 11 is 0. The van der Waals surface area contributed by atoms with Gasteiger partial charge in [0.15, 0.2) is 0 Å². The van der Waals surface area contributed by atoms with E-state index in [9.17, 15) is 5.11 Å². The molecule has 0 amide bonds. The zero-order valence-corrected chi connectivity index (χ0v) is 11.5. The Labute approximate surface area is 109 Å². The molecule has 0 saturated heterocycles. The molecule has 0 heterocycles. The van der Waals surface area contributed by atoms with Gasteiger partial charge in [-0.3, -0.25) is 0 Å². The molecule has 0 fully saturated rings. The number of anilines is 1. The summed E-state index contributed by atoms with van der Waals surface area (Å²) in [6.45, 7) is 9.52. The largest absolute Gasteiger partial charge is 0.492 e. The van der Waals surface area contributed by atoms with Gasteiger partial charge in [-0.2, -0.15) is 0 Å². The van der Waals surface area contributed by atoms with E-state index in [1.165, 1.54) is 0 Å². The molecule has 0 aliphatic rings. The molecule has 0 spiro atoms. The van der Waals surface area contributed by atoms with E-state index in [0.717, 1.165) is 25.2 Å². The predicted molar refractivity (Wildman–Crippen MR) is 74.8 cm³/mol. The van der Waals surface area contributed by atoms with Gasteiger partial charge in [-0.15, -0.1) is 0 Å². The van der Waals surface area contributed by atoms with Crippen LogP contribution in [-0.4, -0.2) is 36.2 Å². The number of hydrogen-bond donors (Lipinski definition) is 2. The smallest absolute Gasteiger partial charge is 0.125 e.